The molecule has 1 aromatic carbocycles. The Kier molecular flexibility index (Phi) is 7.87. The van der Waals surface area contributed by atoms with Crippen molar-refractivity contribution in [3.8, 4) is 22.1 Å². The molecule has 0 radical (unpaired) electrons. The number of nitrogens with zero attached hydrogens (tertiary/aromatic N) is 2. The van der Waals surface area contributed by atoms with E-state index < -0.39 is 10.0 Å². The van der Waals surface area contributed by atoms with Crippen LogP contribution in [0.25, 0.3) is 10.6 Å². The van der Waals surface area contributed by atoms with Crippen molar-refractivity contribution >= 4 is 38.7 Å². The largest absolute Gasteiger partial charge is 0.493 e. The Bertz CT molecular complexity index is 1220. The van der Waals surface area contributed by atoms with Gasteiger partial charge in [-0.25, -0.2) is 13.4 Å². The van der Waals surface area contributed by atoms with Gasteiger partial charge in [-0.05, 0) is 49.4 Å². The lowest BCUT2D eigenvalue weighted by atomic mass is 9.98. The fraction of sp³-hybridized carbons (Fsp3) is 0.391. The van der Waals surface area contributed by atoms with Gasteiger partial charge in [0, 0.05) is 24.0 Å². The first-order valence-corrected chi connectivity index (χ1v) is 14.1. The van der Waals surface area contributed by atoms with Crippen molar-refractivity contribution in [3.63, 3.8) is 0 Å². The third-order valence-corrected chi connectivity index (χ3v) is 9.71. The summed E-state index contributed by atoms with van der Waals surface area (Å²) in [4.78, 5) is 17.2. The molecule has 0 aliphatic carbocycles. The summed E-state index contributed by atoms with van der Waals surface area (Å²) in [7, 11) is -1.89. The number of carbonyl (C=O) groups is 1. The predicted molar refractivity (Wildman–Crippen MR) is 131 cm³/mol. The number of ether oxygens (including phenoxy) is 3. The molecular formula is C23H26N2O6S3. The molecule has 11 heteroatoms. The zero-order chi connectivity index (χ0) is 24.1. The lowest BCUT2D eigenvalue weighted by Crippen LogP contribution is -2.40. The maximum absolute atomic E-state index is 12.6. The van der Waals surface area contributed by atoms with Crippen LogP contribution >= 0.6 is 22.7 Å². The molecule has 1 aliphatic rings. The Morgan fingerprint density at radius 1 is 1.18 bits per heavy atom. The van der Waals surface area contributed by atoms with Crippen molar-refractivity contribution in [1.29, 1.82) is 0 Å². The Morgan fingerprint density at radius 3 is 2.65 bits per heavy atom. The van der Waals surface area contributed by atoms with Gasteiger partial charge in [0.25, 0.3) is 10.0 Å². The van der Waals surface area contributed by atoms with E-state index in [1.807, 2.05) is 30.5 Å². The molecule has 8 nitrogen and oxygen atoms in total. The fourth-order valence-corrected chi connectivity index (χ4v) is 7.13. The van der Waals surface area contributed by atoms with E-state index >= 15 is 0 Å². The van der Waals surface area contributed by atoms with Gasteiger partial charge in [-0.3, -0.25) is 4.79 Å². The Hall–Kier alpha value is -2.47. The van der Waals surface area contributed by atoms with Gasteiger partial charge in [-0.2, -0.15) is 4.31 Å². The summed E-state index contributed by atoms with van der Waals surface area (Å²) < 4.78 is 43.5. The molecule has 3 heterocycles. The second kappa shape index (κ2) is 10.9. The standard InChI is InChI=1S/C23H26N2O6S3/c1-3-30-19-7-6-17(13-20(19)29-2)22-24-18(15-33-22)14-31-23(26)16-8-10-25(11-9-16)34(27,28)21-5-4-12-32-21/h4-7,12-13,15-16H,3,8-11,14H2,1-2H3. The predicted octanol–water partition coefficient (Wildman–Crippen LogP) is 4.42. The molecule has 0 N–H and O–H groups in total. The number of hydrogen-bond acceptors (Lipinski definition) is 9. The molecular weight excluding hydrogens is 496 g/mol. The lowest BCUT2D eigenvalue weighted by molar-refractivity contribution is -0.151. The van der Waals surface area contributed by atoms with Crippen LogP contribution in [-0.4, -0.2) is 50.5 Å². The molecule has 34 heavy (non-hydrogen) atoms. The first-order chi connectivity index (χ1) is 16.4. The van der Waals surface area contributed by atoms with E-state index in [-0.39, 0.29) is 18.5 Å². The zero-order valence-electron chi connectivity index (χ0n) is 18.9. The molecule has 1 aliphatic heterocycles. The van der Waals surface area contributed by atoms with E-state index in [0.29, 0.717) is 53.9 Å². The van der Waals surface area contributed by atoms with Crippen LogP contribution < -0.4 is 9.47 Å². The highest BCUT2D eigenvalue weighted by molar-refractivity contribution is 7.91. The highest BCUT2D eigenvalue weighted by Crippen LogP contribution is 2.34. The maximum Gasteiger partial charge on any atom is 0.309 e. The Morgan fingerprint density at radius 2 is 1.97 bits per heavy atom. The highest BCUT2D eigenvalue weighted by Gasteiger charge is 2.33. The van der Waals surface area contributed by atoms with Gasteiger partial charge in [0.1, 0.15) is 15.8 Å². The molecule has 0 bridgehead atoms. The monoisotopic (exact) mass is 522 g/mol. The van der Waals surface area contributed by atoms with Crippen molar-refractivity contribution in [1.82, 2.24) is 9.29 Å². The van der Waals surface area contributed by atoms with Crippen LogP contribution in [0.1, 0.15) is 25.5 Å². The molecule has 0 atom stereocenters. The average Bonchev–Trinajstić information content (AvgIpc) is 3.56. The summed E-state index contributed by atoms with van der Waals surface area (Å²) >= 11 is 2.66. The van der Waals surface area contributed by atoms with E-state index in [1.54, 1.807) is 24.6 Å². The number of esters is 1. The molecule has 3 aromatic rings. The number of methoxy groups -OCH3 is 1. The third kappa shape index (κ3) is 5.43. The van der Waals surface area contributed by atoms with Crippen LogP contribution in [0, 0.1) is 5.92 Å². The topological polar surface area (TPSA) is 95.0 Å². The van der Waals surface area contributed by atoms with Crippen LogP contribution in [0.4, 0.5) is 0 Å². The normalized spacial score (nSPS) is 15.2. The number of rotatable bonds is 9. The van der Waals surface area contributed by atoms with Crippen molar-refractivity contribution in [2.24, 2.45) is 5.92 Å². The smallest absolute Gasteiger partial charge is 0.309 e. The molecule has 2 aromatic heterocycles. The van der Waals surface area contributed by atoms with E-state index in [1.165, 1.54) is 27.0 Å². The zero-order valence-corrected chi connectivity index (χ0v) is 21.4. The Labute approximate surface area is 207 Å². The number of carbonyl (C=O) groups excluding carboxylic acids is 1. The van der Waals surface area contributed by atoms with Crippen LogP contribution in [-0.2, 0) is 26.2 Å². The number of sulfonamides is 1. The summed E-state index contributed by atoms with van der Waals surface area (Å²) in [5.74, 6) is 0.678. The molecule has 0 amide bonds. The molecule has 0 saturated carbocycles. The van der Waals surface area contributed by atoms with Crippen molar-refractivity contribution < 1.29 is 27.4 Å². The number of thiazole rings is 1. The van der Waals surface area contributed by atoms with Gasteiger partial charge in [0.15, 0.2) is 11.5 Å². The summed E-state index contributed by atoms with van der Waals surface area (Å²) in [5.41, 5.74) is 1.56. The van der Waals surface area contributed by atoms with Gasteiger partial charge in [-0.1, -0.05) is 6.07 Å². The van der Waals surface area contributed by atoms with Crippen LogP contribution in [0.3, 0.4) is 0 Å². The molecule has 0 unspecified atom stereocenters. The van der Waals surface area contributed by atoms with Crippen LogP contribution in [0.5, 0.6) is 11.5 Å². The van der Waals surface area contributed by atoms with Gasteiger partial charge in [-0.15, -0.1) is 22.7 Å². The van der Waals surface area contributed by atoms with E-state index in [9.17, 15) is 13.2 Å². The van der Waals surface area contributed by atoms with Gasteiger partial charge < -0.3 is 14.2 Å². The molecule has 1 saturated heterocycles. The van der Waals surface area contributed by atoms with E-state index in [4.69, 9.17) is 14.2 Å². The van der Waals surface area contributed by atoms with E-state index in [0.717, 1.165) is 10.6 Å². The minimum atomic E-state index is -3.48. The summed E-state index contributed by atoms with van der Waals surface area (Å²) in [6.45, 7) is 3.15. The summed E-state index contributed by atoms with van der Waals surface area (Å²) in [5, 5.41) is 4.40. The third-order valence-electron chi connectivity index (χ3n) is 5.50. The van der Waals surface area contributed by atoms with Crippen molar-refractivity contribution in [3.05, 3.63) is 46.8 Å². The number of thiophene rings is 1. The van der Waals surface area contributed by atoms with Gasteiger partial charge in [0.05, 0.1) is 25.3 Å². The molecule has 0 spiro atoms. The number of benzene rings is 1. The first kappa shape index (κ1) is 24.6. The second-order valence-electron chi connectivity index (χ2n) is 7.66. The quantitative estimate of drug-likeness (QED) is 0.384. The lowest BCUT2D eigenvalue weighted by Gasteiger charge is -2.29. The molecule has 1 fully saturated rings. The highest BCUT2D eigenvalue weighted by atomic mass is 32.2. The van der Waals surface area contributed by atoms with Crippen LogP contribution in [0.15, 0.2) is 45.3 Å². The molecule has 182 valence electrons. The second-order valence-corrected chi connectivity index (χ2v) is 11.6. The van der Waals surface area contributed by atoms with Gasteiger partial charge >= 0.3 is 5.97 Å². The molecule has 4 rings (SSSR count). The van der Waals surface area contributed by atoms with Crippen molar-refractivity contribution in [2.75, 3.05) is 26.8 Å². The Balaban J connectivity index is 1.31. The number of aromatic nitrogens is 1. The SMILES string of the molecule is CCOc1ccc(-c2nc(COC(=O)C3CCN(S(=O)(=O)c4cccs4)CC3)cs2)cc1OC. The van der Waals surface area contributed by atoms with Crippen molar-refractivity contribution in [2.45, 2.75) is 30.6 Å². The average molecular weight is 523 g/mol. The summed E-state index contributed by atoms with van der Waals surface area (Å²) in [6, 6.07) is 8.96. The minimum absolute atomic E-state index is 0.0806. The van der Waals surface area contributed by atoms with Crippen LogP contribution in [0.2, 0.25) is 0 Å². The van der Waals surface area contributed by atoms with E-state index in [2.05, 4.69) is 4.98 Å². The maximum atomic E-state index is 12.6. The fourth-order valence-electron chi connectivity index (χ4n) is 3.71. The minimum Gasteiger partial charge on any atom is -0.493 e. The summed E-state index contributed by atoms with van der Waals surface area (Å²) in [6.07, 6.45) is 0.884. The van der Waals surface area contributed by atoms with Gasteiger partial charge in [0.2, 0.25) is 0 Å². The first-order valence-electron chi connectivity index (χ1n) is 10.9. The number of hydrogen-bond donors (Lipinski definition) is 0. The number of piperidine rings is 1.